The molecule has 0 spiro atoms. The van der Waals surface area contributed by atoms with Gasteiger partial charge in [0.25, 0.3) is 5.91 Å². The van der Waals surface area contributed by atoms with Crippen LogP contribution in [0.15, 0.2) is 53.3 Å². The highest BCUT2D eigenvalue weighted by atomic mass is 16.3. The largest absolute Gasteiger partial charge is 0.508 e. The van der Waals surface area contributed by atoms with Gasteiger partial charge in [-0.05, 0) is 60.9 Å². The maximum absolute atomic E-state index is 12.8. The van der Waals surface area contributed by atoms with Crippen LogP contribution >= 0.6 is 0 Å². The molecule has 0 radical (unpaired) electrons. The number of aromatic hydroxyl groups is 1. The number of phenolic OH excluding ortho intramolecular Hbond substituents is 1. The Morgan fingerprint density at radius 2 is 2.03 bits per heavy atom. The Hall–Kier alpha value is -3.45. The van der Waals surface area contributed by atoms with Crippen LogP contribution in [0.25, 0.3) is 22.5 Å². The summed E-state index contributed by atoms with van der Waals surface area (Å²) in [6.07, 6.45) is 0.804. The standard InChI is InChI=1S/C22H22N4O3/c1-13-9-15(5-6-20(13)27)19-11-18(24-22(29)25-19)14-3-2-4-16(10-14)21(28)26-8-7-17(23)12-26/h2-6,9-11,17,27H,7-8,12,23H2,1H3,(H,24,25,29). The number of carbonyl (C=O) groups excluding carboxylic acids is 1. The Morgan fingerprint density at radius 1 is 1.21 bits per heavy atom. The molecule has 4 rings (SSSR count). The first-order valence-corrected chi connectivity index (χ1v) is 9.47. The number of likely N-dealkylation sites (tertiary alicyclic amines) is 1. The van der Waals surface area contributed by atoms with Crippen LogP contribution in [0.1, 0.15) is 22.3 Å². The predicted octanol–water partition coefficient (Wildman–Crippen LogP) is 2.29. The fraction of sp³-hybridized carbons (Fsp3) is 0.227. The third kappa shape index (κ3) is 3.90. The molecule has 1 unspecified atom stereocenters. The zero-order valence-electron chi connectivity index (χ0n) is 16.1. The van der Waals surface area contributed by atoms with Crippen LogP contribution in [-0.4, -0.2) is 45.0 Å². The Morgan fingerprint density at radius 3 is 2.76 bits per heavy atom. The average molecular weight is 390 g/mol. The summed E-state index contributed by atoms with van der Waals surface area (Å²) < 4.78 is 0. The molecule has 0 aliphatic carbocycles. The van der Waals surface area contributed by atoms with E-state index in [4.69, 9.17) is 5.73 Å². The van der Waals surface area contributed by atoms with Crippen molar-refractivity contribution in [3.63, 3.8) is 0 Å². The van der Waals surface area contributed by atoms with Gasteiger partial charge in [-0.2, -0.15) is 4.98 Å². The number of H-pyrrole nitrogens is 1. The lowest BCUT2D eigenvalue weighted by Gasteiger charge is -2.16. The molecule has 4 N–H and O–H groups in total. The molecule has 7 heteroatoms. The molecule has 2 aromatic carbocycles. The fourth-order valence-corrected chi connectivity index (χ4v) is 3.55. The summed E-state index contributed by atoms with van der Waals surface area (Å²) in [5.74, 6) is 0.122. The van der Waals surface area contributed by atoms with Crippen LogP contribution in [-0.2, 0) is 0 Å². The number of aromatic amines is 1. The number of hydrogen-bond donors (Lipinski definition) is 3. The minimum absolute atomic E-state index is 0.0232. The second-order valence-electron chi connectivity index (χ2n) is 7.37. The lowest BCUT2D eigenvalue weighted by molar-refractivity contribution is 0.0791. The van der Waals surface area contributed by atoms with E-state index in [2.05, 4.69) is 9.97 Å². The monoisotopic (exact) mass is 390 g/mol. The van der Waals surface area contributed by atoms with Crippen molar-refractivity contribution in [2.24, 2.45) is 5.73 Å². The minimum atomic E-state index is -0.481. The van der Waals surface area contributed by atoms with Gasteiger partial charge in [-0.3, -0.25) is 4.79 Å². The molecule has 7 nitrogen and oxygen atoms in total. The molecule has 2 heterocycles. The molecule has 148 valence electrons. The van der Waals surface area contributed by atoms with Gasteiger partial charge < -0.3 is 20.7 Å². The van der Waals surface area contributed by atoms with E-state index in [9.17, 15) is 14.7 Å². The van der Waals surface area contributed by atoms with Gasteiger partial charge in [0.15, 0.2) is 0 Å². The molecule has 3 aromatic rings. The molecule has 1 fully saturated rings. The van der Waals surface area contributed by atoms with E-state index in [0.29, 0.717) is 35.6 Å². The Kier molecular flexibility index (Phi) is 4.90. The van der Waals surface area contributed by atoms with Gasteiger partial charge in [0.05, 0.1) is 11.4 Å². The Labute approximate surface area is 167 Å². The molecule has 0 saturated carbocycles. The zero-order valence-corrected chi connectivity index (χ0v) is 16.1. The first-order chi connectivity index (χ1) is 13.9. The van der Waals surface area contributed by atoms with Crippen molar-refractivity contribution in [3.05, 3.63) is 70.1 Å². The molecule has 1 atom stereocenters. The van der Waals surface area contributed by atoms with Crippen LogP contribution in [0.4, 0.5) is 0 Å². The summed E-state index contributed by atoms with van der Waals surface area (Å²) >= 11 is 0. The molecule has 1 aromatic heterocycles. The SMILES string of the molecule is Cc1cc(-c2cc(-c3cccc(C(=O)N4CCC(N)C4)c3)[nH]c(=O)n2)ccc1O. The summed E-state index contributed by atoms with van der Waals surface area (Å²) in [5, 5.41) is 9.73. The number of nitrogens with zero attached hydrogens (tertiary/aromatic N) is 2. The van der Waals surface area contributed by atoms with E-state index in [1.807, 2.05) is 6.07 Å². The van der Waals surface area contributed by atoms with Crippen molar-refractivity contribution in [2.45, 2.75) is 19.4 Å². The minimum Gasteiger partial charge on any atom is -0.508 e. The molecule has 1 aliphatic heterocycles. The van der Waals surface area contributed by atoms with Crippen LogP contribution in [0, 0.1) is 6.92 Å². The highest BCUT2D eigenvalue weighted by Gasteiger charge is 2.24. The summed E-state index contributed by atoms with van der Waals surface area (Å²) in [5.41, 5.74) is 9.19. The van der Waals surface area contributed by atoms with Crippen molar-refractivity contribution in [3.8, 4) is 28.3 Å². The van der Waals surface area contributed by atoms with E-state index in [1.54, 1.807) is 54.3 Å². The molecular weight excluding hydrogens is 368 g/mol. The van der Waals surface area contributed by atoms with Crippen molar-refractivity contribution < 1.29 is 9.90 Å². The normalized spacial score (nSPS) is 16.2. The first kappa shape index (κ1) is 18.9. The molecule has 1 amide bonds. The number of aromatic nitrogens is 2. The van der Waals surface area contributed by atoms with Crippen molar-refractivity contribution >= 4 is 5.91 Å². The third-order valence-corrected chi connectivity index (χ3v) is 5.17. The number of hydrogen-bond acceptors (Lipinski definition) is 5. The third-order valence-electron chi connectivity index (χ3n) is 5.17. The number of nitrogens with one attached hydrogen (secondary N) is 1. The van der Waals surface area contributed by atoms with Crippen LogP contribution in [0.2, 0.25) is 0 Å². The van der Waals surface area contributed by atoms with E-state index < -0.39 is 5.69 Å². The second-order valence-corrected chi connectivity index (χ2v) is 7.37. The van der Waals surface area contributed by atoms with Crippen LogP contribution in [0.5, 0.6) is 5.75 Å². The molecule has 29 heavy (non-hydrogen) atoms. The van der Waals surface area contributed by atoms with Gasteiger partial charge in [-0.15, -0.1) is 0 Å². The lowest BCUT2D eigenvalue weighted by atomic mass is 10.0. The van der Waals surface area contributed by atoms with Crippen molar-refractivity contribution in [1.82, 2.24) is 14.9 Å². The van der Waals surface area contributed by atoms with E-state index in [0.717, 1.165) is 17.5 Å². The fourth-order valence-electron chi connectivity index (χ4n) is 3.55. The summed E-state index contributed by atoms with van der Waals surface area (Å²) in [6.45, 7) is 2.99. The molecule has 1 aliphatic rings. The van der Waals surface area contributed by atoms with E-state index in [1.165, 1.54) is 0 Å². The average Bonchev–Trinajstić information content (AvgIpc) is 3.15. The summed E-state index contributed by atoms with van der Waals surface area (Å²) in [4.78, 5) is 33.5. The maximum Gasteiger partial charge on any atom is 0.345 e. The number of phenols is 1. The van der Waals surface area contributed by atoms with Crippen LogP contribution < -0.4 is 11.4 Å². The maximum atomic E-state index is 12.8. The molecule has 1 saturated heterocycles. The Bertz CT molecular complexity index is 1140. The van der Waals surface area contributed by atoms with Gasteiger partial charge in [-0.1, -0.05) is 12.1 Å². The van der Waals surface area contributed by atoms with Crippen molar-refractivity contribution in [2.75, 3.05) is 13.1 Å². The smallest absolute Gasteiger partial charge is 0.345 e. The zero-order chi connectivity index (χ0) is 20.5. The summed E-state index contributed by atoms with van der Waals surface area (Å²) in [7, 11) is 0. The first-order valence-electron chi connectivity index (χ1n) is 9.47. The topological polar surface area (TPSA) is 112 Å². The molecule has 0 bridgehead atoms. The molecular formula is C22H22N4O3. The van der Waals surface area contributed by atoms with E-state index >= 15 is 0 Å². The van der Waals surface area contributed by atoms with E-state index in [-0.39, 0.29) is 17.7 Å². The van der Waals surface area contributed by atoms with Gasteiger partial charge in [-0.25, -0.2) is 4.79 Å². The summed E-state index contributed by atoms with van der Waals surface area (Å²) in [6, 6.07) is 14.0. The number of benzene rings is 2. The number of nitrogens with two attached hydrogens (primary N) is 1. The highest BCUT2D eigenvalue weighted by Crippen LogP contribution is 2.26. The number of aryl methyl sites for hydroxylation is 1. The number of rotatable bonds is 3. The second kappa shape index (κ2) is 7.52. The predicted molar refractivity (Wildman–Crippen MR) is 111 cm³/mol. The quantitative estimate of drug-likeness (QED) is 0.635. The van der Waals surface area contributed by atoms with Gasteiger partial charge in [0.1, 0.15) is 5.75 Å². The van der Waals surface area contributed by atoms with Crippen LogP contribution in [0.3, 0.4) is 0 Å². The van der Waals surface area contributed by atoms with Gasteiger partial charge >= 0.3 is 5.69 Å². The highest BCUT2D eigenvalue weighted by molar-refractivity contribution is 5.95. The van der Waals surface area contributed by atoms with Gasteiger partial charge in [0.2, 0.25) is 0 Å². The Balaban J connectivity index is 1.70. The van der Waals surface area contributed by atoms with Gasteiger partial charge in [0, 0.05) is 30.3 Å². The number of carbonyl (C=O) groups is 1. The lowest BCUT2D eigenvalue weighted by Crippen LogP contribution is -2.31. The number of amides is 1. The van der Waals surface area contributed by atoms with Crippen molar-refractivity contribution in [1.29, 1.82) is 0 Å².